The van der Waals surface area contributed by atoms with E-state index in [4.69, 9.17) is 0 Å². The van der Waals surface area contributed by atoms with Crippen LogP contribution in [0, 0.1) is 5.92 Å². The second-order valence-electron chi connectivity index (χ2n) is 5.28. The highest BCUT2D eigenvalue weighted by Crippen LogP contribution is 2.25. The molecule has 0 bridgehead atoms. The smallest absolute Gasteiger partial charge is 0.293 e. The van der Waals surface area contributed by atoms with Crippen LogP contribution in [-0.2, 0) is 0 Å². The van der Waals surface area contributed by atoms with Crippen molar-refractivity contribution in [2.24, 2.45) is 5.92 Å². The number of nitrogens with zero attached hydrogens (tertiary/aromatic N) is 3. The topological polar surface area (TPSA) is 38.1 Å². The molecule has 2 rings (SSSR count). The number of aromatic nitrogens is 2. The van der Waals surface area contributed by atoms with E-state index in [0.29, 0.717) is 16.6 Å². The highest BCUT2D eigenvalue weighted by molar-refractivity contribution is 9.09. The molecule has 1 fully saturated rings. The van der Waals surface area contributed by atoms with E-state index < -0.39 is 0 Å². The van der Waals surface area contributed by atoms with Gasteiger partial charge in [-0.2, -0.15) is 0 Å². The lowest BCUT2D eigenvalue weighted by Gasteiger charge is -2.34. The lowest BCUT2D eigenvalue weighted by atomic mass is 9.99. The lowest BCUT2D eigenvalue weighted by molar-refractivity contribution is 0.451. The number of piperidine rings is 1. The minimum atomic E-state index is 0.0155. The van der Waals surface area contributed by atoms with Crippen molar-refractivity contribution in [3.8, 4) is 0 Å². The van der Waals surface area contributed by atoms with E-state index >= 15 is 0 Å². The largest absolute Gasteiger partial charge is 0.351 e. The van der Waals surface area contributed by atoms with Crippen molar-refractivity contribution >= 4 is 21.7 Å². The van der Waals surface area contributed by atoms with Crippen LogP contribution in [0.3, 0.4) is 0 Å². The molecule has 0 aliphatic carbocycles. The summed E-state index contributed by atoms with van der Waals surface area (Å²) in [6, 6.07) is 0.169. The van der Waals surface area contributed by atoms with Crippen LogP contribution in [0.1, 0.15) is 33.2 Å². The minimum absolute atomic E-state index is 0.0155. The molecule has 0 saturated carbocycles. The number of alkyl halides is 1. The zero-order valence-corrected chi connectivity index (χ0v) is 12.7. The molecule has 0 N–H and O–H groups in total. The van der Waals surface area contributed by atoms with Crippen LogP contribution in [0.5, 0.6) is 0 Å². The van der Waals surface area contributed by atoms with Gasteiger partial charge in [0.1, 0.15) is 0 Å². The van der Waals surface area contributed by atoms with Crippen LogP contribution < -0.4 is 10.5 Å². The van der Waals surface area contributed by atoms with E-state index in [9.17, 15) is 4.79 Å². The van der Waals surface area contributed by atoms with Crippen molar-refractivity contribution in [3.63, 3.8) is 0 Å². The first-order valence-electron chi connectivity index (χ1n) is 6.47. The van der Waals surface area contributed by atoms with E-state index in [2.05, 4.69) is 32.7 Å². The number of hydrogen-bond acceptors (Lipinski definition) is 3. The third kappa shape index (κ3) is 2.60. The summed E-state index contributed by atoms with van der Waals surface area (Å²) < 4.78 is 1.74. The van der Waals surface area contributed by atoms with Crippen LogP contribution in [0.25, 0.3) is 0 Å². The summed E-state index contributed by atoms with van der Waals surface area (Å²) in [4.78, 5) is 19.1. The normalized spacial score (nSPS) is 24.6. The van der Waals surface area contributed by atoms with Gasteiger partial charge >= 0.3 is 0 Å². The number of anilines is 1. The summed E-state index contributed by atoms with van der Waals surface area (Å²) in [6.45, 7) is 8.02. The highest BCUT2D eigenvalue weighted by Gasteiger charge is 2.26. The molecule has 0 radical (unpaired) electrons. The van der Waals surface area contributed by atoms with Gasteiger partial charge in [-0.25, -0.2) is 4.98 Å². The first-order chi connectivity index (χ1) is 8.50. The van der Waals surface area contributed by atoms with Gasteiger partial charge in [0.25, 0.3) is 5.56 Å². The molecule has 0 spiro atoms. The Hall–Kier alpha value is -0.840. The standard InChI is InChI=1S/C13H20BrN3O/c1-9(2)17-7-5-15-12(13(17)18)16-6-4-10(3)11(14)8-16/h5,7,9-11H,4,6,8H2,1-3H3. The molecule has 1 saturated heterocycles. The van der Waals surface area contributed by atoms with Gasteiger partial charge in [0, 0.05) is 36.4 Å². The third-order valence-electron chi connectivity index (χ3n) is 3.57. The third-order valence-corrected chi connectivity index (χ3v) is 4.76. The van der Waals surface area contributed by atoms with E-state index in [1.807, 2.05) is 13.8 Å². The fourth-order valence-electron chi connectivity index (χ4n) is 2.25. The van der Waals surface area contributed by atoms with Crippen molar-refractivity contribution in [2.75, 3.05) is 18.0 Å². The predicted octanol–water partition coefficient (Wildman–Crippen LogP) is 2.43. The Morgan fingerprint density at radius 2 is 2.22 bits per heavy atom. The molecule has 0 aromatic carbocycles. The molecular weight excluding hydrogens is 294 g/mol. The average Bonchev–Trinajstić information content (AvgIpc) is 2.33. The first-order valence-corrected chi connectivity index (χ1v) is 7.38. The molecule has 1 aromatic rings. The lowest BCUT2D eigenvalue weighted by Crippen LogP contribution is -2.44. The Morgan fingerprint density at radius 1 is 1.50 bits per heavy atom. The fraction of sp³-hybridized carbons (Fsp3) is 0.692. The molecule has 18 heavy (non-hydrogen) atoms. The van der Waals surface area contributed by atoms with Gasteiger partial charge in [0.2, 0.25) is 0 Å². The van der Waals surface area contributed by atoms with Crippen molar-refractivity contribution in [1.29, 1.82) is 0 Å². The Kier molecular flexibility index (Phi) is 4.10. The van der Waals surface area contributed by atoms with Crippen molar-refractivity contribution in [2.45, 2.75) is 38.1 Å². The van der Waals surface area contributed by atoms with E-state index in [-0.39, 0.29) is 11.6 Å². The summed E-state index contributed by atoms with van der Waals surface area (Å²) in [6.07, 6.45) is 4.57. The zero-order chi connectivity index (χ0) is 13.3. The van der Waals surface area contributed by atoms with Gasteiger partial charge in [-0.15, -0.1) is 0 Å². The second kappa shape index (κ2) is 5.43. The van der Waals surface area contributed by atoms with Gasteiger partial charge in [-0.1, -0.05) is 22.9 Å². The van der Waals surface area contributed by atoms with Crippen LogP contribution in [-0.4, -0.2) is 27.5 Å². The van der Waals surface area contributed by atoms with Gasteiger partial charge in [-0.3, -0.25) is 4.79 Å². The van der Waals surface area contributed by atoms with Crippen LogP contribution in [0.2, 0.25) is 0 Å². The number of rotatable bonds is 2. The summed E-state index contributed by atoms with van der Waals surface area (Å²) in [5.74, 6) is 1.24. The van der Waals surface area contributed by atoms with Gasteiger partial charge in [0.15, 0.2) is 5.82 Å². The van der Waals surface area contributed by atoms with Crippen molar-refractivity contribution < 1.29 is 0 Å². The van der Waals surface area contributed by atoms with Crippen molar-refractivity contribution in [3.05, 3.63) is 22.7 Å². The molecule has 4 nitrogen and oxygen atoms in total. The zero-order valence-electron chi connectivity index (χ0n) is 11.1. The molecule has 1 aliphatic rings. The Bertz CT molecular complexity index is 472. The maximum atomic E-state index is 12.3. The van der Waals surface area contributed by atoms with Crippen LogP contribution in [0.4, 0.5) is 5.82 Å². The molecule has 2 heterocycles. The molecule has 1 aromatic heterocycles. The monoisotopic (exact) mass is 313 g/mol. The Labute approximate surface area is 116 Å². The maximum absolute atomic E-state index is 12.3. The van der Waals surface area contributed by atoms with E-state index in [1.165, 1.54) is 0 Å². The Balaban J connectivity index is 2.29. The van der Waals surface area contributed by atoms with Crippen LogP contribution in [0.15, 0.2) is 17.2 Å². The quantitative estimate of drug-likeness (QED) is 0.787. The summed E-state index contributed by atoms with van der Waals surface area (Å²) in [5.41, 5.74) is 0.0155. The average molecular weight is 314 g/mol. The Morgan fingerprint density at radius 3 is 2.83 bits per heavy atom. The SMILES string of the molecule is CC1CCN(c2nccn(C(C)C)c2=O)CC1Br. The minimum Gasteiger partial charge on any atom is -0.351 e. The summed E-state index contributed by atoms with van der Waals surface area (Å²) >= 11 is 3.69. The molecule has 2 atom stereocenters. The second-order valence-corrected chi connectivity index (χ2v) is 6.46. The highest BCUT2D eigenvalue weighted by atomic mass is 79.9. The predicted molar refractivity (Wildman–Crippen MR) is 77.6 cm³/mol. The maximum Gasteiger partial charge on any atom is 0.293 e. The number of halogens is 1. The first kappa shape index (κ1) is 13.6. The summed E-state index contributed by atoms with van der Waals surface area (Å²) in [5, 5.41) is 0. The van der Waals surface area contributed by atoms with Crippen molar-refractivity contribution in [1.82, 2.24) is 9.55 Å². The van der Waals surface area contributed by atoms with E-state index in [0.717, 1.165) is 19.5 Å². The molecule has 1 aliphatic heterocycles. The number of hydrogen-bond donors (Lipinski definition) is 0. The molecule has 100 valence electrons. The molecule has 0 amide bonds. The fourth-order valence-corrected chi connectivity index (χ4v) is 2.87. The van der Waals surface area contributed by atoms with Gasteiger partial charge in [0.05, 0.1) is 0 Å². The van der Waals surface area contributed by atoms with Gasteiger partial charge in [-0.05, 0) is 26.2 Å². The molecule has 5 heteroatoms. The molecule has 2 unspecified atom stereocenters. The molecular formula is C13H20BrN3O. The van der Waals surface area contributed by atoms with E-state index in [1.54, 1.807) is 17.0 Å². The summed E-state index contributed by atoms with van der Waals surface area (Å²) in [7, 11) is 0. The van der Waals surface area contributed by atoms with Crippen LogP contribution >= 0.6 is 15.9 Å². The van der Waals surface area contributed by atoms with Gasteiger partial charge < -0.3 is 9.47 Å².